The number of benzene rings is 12. The molecule has 0 aliphatic heterocycles. The number of nitrogens with zero attached hydrogens (tertiary/aromatic N) is 2. The fraction of sp³-hybridized carbons (Fsp3) is 0.0400. The Balaban J connectivity index is 0.000000139. The van der Waals surface area contributed by atoms with Crippen molar-refractivity contribution < 1.29 is 8.83 Å². The zero-order chi connectivity index (χ0) is 53.5. The Morgan fingerprint density at radius 1 is 0.263 bits per heavy atom. The van der Waals surface area contributed by atoms with Gasteiger partial charge in [-0.2, -0.15) is 0 Å². The van der Waals surface area contributed by atoms with E-state index < -0.39 is 8.07 Å². The van der Waals surface area contributed by atoms with E-state index in [9.17, 15) is 0 Å². The molecule has 5 heteroatoms. The lowest BCUT2D eigenvalue weighted by Gasteiger charge is -2.16. The molecule has 0 bridgehead atoms. The van der Waals surface area contributed by atoms with Crippen molar-refractivity contribution >= 4 is 101 Å². The molecule has 0 saturated heterocycles. The Kier molecular flexibility index (Phi) is 11.2. The van der Waals surface area contributed by atoms with Crippen molar-refractivity contribution in [3.05, 3.63) is 273 Å². The number of para-hydroxylation sites is 6. The molecule has 380 valence electrons. The van der Waals surface area contributed by atoms with Crippen molar-refractivity contribution in [2.24, 2.45) is 0 Å². The summed E-state index contributed by atoms with van der Waals surface area (Å²) in [6.07, 6.45) is 0. The molecule has 4 aromatic heterocycles. The van der Waals surface area contributed by atoms with Crippen LogP contribution >= 0.6 is 0 Å². The maximum atomic E-state index is 6.78. The molecule has 4 heterocycles. The first-order valence-electron chi connectivity index (χ1n) is 27.6. The second-order valence-corrected chi connectivity index (χ2v) is 27.0. The molecule has 0 N–H and O–H groups in total. The van der Waals surface area contributed by atoms with E-state index in [-0.39, 0.29) is 0 Å². The topological polar surface area (TPSA) is 36.1 Å². The average Bonchev–Trinajstić information content (AvgIpc) is 4.33. The fourth-order valence-corrected chi connectivity index (χ4v) is 13.8. The standard InChI is InChI=1S/C39H31NOSi.C36H23NO/c1-42(2,3)37-19-11-18-32-31-17-10-16-30(38(31)41-39(32)37)28-21-23-36-34(25-28)33-24-27(26-12-6-4-7-13-26)20-22-35(33)40(36)29-14-8-5-9-15-29;1-3-10-24(11-4-1)25-18-20-33-31(22-25)32-23-26(19-21-34(32)37(33)27-12-5-2-6-13-27)28-15-9-16-30-29-14-7-8-17-35(29)38-36(28)30/h4-25H,1-3H3;1-23H. The highest BCUT2D eigenvalue weighted by atomic mass is 28.3. The van der Waals surface area contributed by atoms with Gasteiger partial charge in [-0.15, -0.1) is 0 Å². The molecule has 0 aliphatic rings. The summed E-state index contributed by atoms with van der Waals surface area (Å²) < 4.78 is 17.9. The quantitative estimate of drug-likeness (QED) is 0.149. The third-order valence-electron chi connectivity index (χ3n) is 16.1. The lowest BCUT2D eigenvalue weighted by Crippen LogP contribution is -2.37. The molecular weight excluding hydrogens is 989 g/mol. The predicted octanol–water partition coefficient (Wildman–Crippen LogP) is 20.6. The Morgan fingerprint density at radius 3 is 1.10 bits per heavy atom. The molecule has 0 radical (unpaired) electrons. The van der Waals surface area contributed by atoms with Crippen LogP contribution in [0.15, 0.2) is 282 Å². The first-order valence-corrected chi connectivity index (χ1v) is 31.1. The van der Waals surface area contributed by atoms with Gasteiger partial charge in [0, 0.05) is 65.6 Å². The van der Waals surface area contributed by atoms with E-state index in [2.05, 4.69) is 290 Å². The van der Waals surface area contributed by atoms with Gasteiger partial charge in [-0.25, -0.2) is 0 Å². The van der Waals surface area contributed by atoms with Crippen molar-refractivity contribution in [1.82, 2.24) is 9.13 Å². The molecule has 0 atom stereocenters. The molecule has 0 saturated carbocycles. The van der Waals surface area contributed by atoms with Crippen LogP contribution in [0.5, 0.6) is 0 Å². The molecule has 16 rings (SSSR count). The van der Waals surface area contributed by atoms with Crippen LogP contribution in [0.4, 0.5) is 0 Å². The van der Waals surface area contributed by atoms with Gasteiger partial charge in [0.05, 0.1) is 30.1 Å². The number of rotatable bonds is 7. The van der Waals surface area contributed by atoms with E-state index in [1.807, 2.05) is 12.1 Å². The highest BCUT2D eigenvalue weighted by molar-refractivity contribution is 6.90. The maximum absolute atomic E-state index is 6.78. The number of hydrogen-bond acceptors (Lipinski definition) is 2. The summed E-state index contributed by atoms with van der Waals surface area (Å²) in [7, 11) is -1.58. The van der Waals surface area contributed by atoms with Gasteiger partial charge in [-0.1, -0.05) is 214 Å². The summed E-state index contributed by atoms with van der Waals surface area (Å²) in [6.45, 7) is 7.15. The van der Waals surface area contributed by atoms with E-state index in [4.69, 9.17) is 8.83 Å². The lowest BCUT2D eigenvalue weighted by atomic mass is 9.99. The van der Waals surface area contributed by atoms with Crippen LogP contribution in [0, 0.1) is 0 Å². The molecule has 80 heavy (non-hydrogen) atoms. The van der Waals surface area contributed by atoms with Gasteiger partial charge in [0.25, 0.3) is 0 Å². The Labute approximate surface area is 464 Å². The highest BCUT2D eigenvalue weighted by Gasteiger charge is 2.24. The molecule has 0 amide bonds. The van der Waals surface area contributed by atoms with Crippen molar-refractivity contribution in [1.29, 1.82) is 0 Å². The Morgan fingerprint density at radius 2 is 0.625 bits per heavy atom. The minimum atomic E-state index is -1.58. The average molecular weight is 1040 g/mol. The van der Waals surface area contributed by atoms with Crippen molar-refractivity contribution in [3.63, 3.8) is 0 Å². The van der Waals surface area contributed by atoms with Crippen LogP contribution in [0.1, 0.15) is 0 Å². The number of aromatic nitrogens is 2. The maximum Gasteiger partial charge on any atom is 0.143 e. The fourth-order valence-electron chi connectivity index (χ4n) is 12.3. The largest absolute Gasteiger partial charge is 0.456 e. The van der Waals surface area contributed by atoms with Crippen LogP contribution in [0.25, 0.3) is 143 Å². The second kappa shape index (κ2) is 18.9. The first-order chi connectivity index (χ1) is 39.3. The molecule has 0 fully saturated rings. The summed E-state index contributed by atoms with van der Waals surface area (Å²) in [5.74, 6) is 0. The minimum Gasteiger partial charge on any atom is -0.456 e. The van der Waals surface area contributed by atoms with Gasteiger partial charge < -0.3 is 18.0 Å². The SMILES string of the molecule is C[Si](C)(C)c1cccc2c1oc1c(-c3ccc4c(c3)c3cc(-c5ccccc5)ccc3n4-c3ccccc3)cccc12.c1ccc(-c2ccc3c(c2)c2cc(-c4cccc5c4oc4ccccc45)ccc2n3-c2ccccc2)cc1. The number of hydrogen-bond donors (Lipinski definition) is 0. The summed E-state index contributed by atoms with van der Waals surface area (Å²) >= 11 is 0. The molecule has 0 aliphatic carbocycles. The van der Waals surface area contributed by atoms with Crippen molar-refractivity contribution in [2.45, 2.75) is 19.6 Å². The predicted molar refractivity (Wildman–Crippen MR) is 341 cm³/mol. The number of fused-ring (bicyclic) bond motifs is 12. The van der Waals surface area contributed by atoms with E-state index in [1.165, 1.54) is 87.4 Å². The van der Waals surface area contributed by atoms with Crippen LogP contribution < -0.4 is 5.19 Å². The third-order valence-corrected chi connectivity index (χ3v) is 18.1. The normalized spacial score (nSPS) is 11.9. The van der Waals surface area contributed by atoms with Gasteiger partial charge >= 0.3 is 0 Å². The molecule has 0 unspecified atom stereocenters. The summed E-state index contributed by atoms with van der Waals surface area (Å²) in [4.78, 5) is 0. The molecular formula is C75H54N2O2Si. The van der Waals surface area contributed by atoms with E-state index in [1.54, 1.807) is 0 Å². The first kappa shape index (κ1) is 47.3. The van der Waals surface area contributed by atoms with E-state index in [0.717, 1.165) is 61.2 Å². The van der Waals surface area contributed by atoms with Crippen molar-refractivity contribution in [2.75, 3.05) is 0 Å². The smallest absolute Gasteiger partial charge is 0.143 e. The summed E-state index contributed by atoms with van der Waals surface area (Å²) in [5, 5.41) is 11.0. The van der Waals surface area contributed by atoms with E-state index >= 15 is 0 Å². The number of furan rings is 2. The van der Waals surface area contributed by atoms with Crippen LogP contribution in [-0.2, 0) is 0 Å². The minimum absolute atomic E-state index is 0.921. The summed E-state index contributed by atoms with van der Waals surface area (Å²) in [6, 6.07) is 97.8. The van der Waals surface area contributed by atoms with Crippen LogP contribution in [-0.4, -0.2) is 17.2 Å². The highest BCUT2D eigenvalue weighted by Crippen LogP contribution is 2.43. The monoisotopic (exact) mass is 1040 g/mol. The Bertz CT molecular complexity index is 5020. The molecule has 16 aromatic rings. The van der Waals surface area contributed by atoms with Crippen LogP contribution in [0.2, 0.25) is 19.6 Å². The van der Waals surface area contributed by atoms with Gasteiger partial charge in [-0.05, 0) is 117 Å². The lowest BCUT2D eigenvalue weighted by molar-refractivity contribution is 0.670. The van der Waals surface area contributed by atoms with Gasteiger partial charge in [-0.3, -0.25) is 0 Å². The van der Waals surface area contributed by atoms with Crippen LogP contribution in [0.3, 0.4) is 0 Å². The van der Waals surface area contributed by atoms with Gasteiger partial charge in [0.15, 0.2) is 0 Å². The van der Waals surface area contributed by atoms with Gasteiger partial charge in [0.2, 0.25) is 0 Å². The van der Waals surface area contributed by atoms with E-state index in [0.29, 0.717) is 0 Å². The third kappa shape index (κ3) is 7.88. The zero-order valence-electron chi connectivity index (χ0n) is 44.7. The second-order valence-electron chi connectivity index (χ2n) is 22.0. The van der Waals surface area contributed by atoms with Gasteiger partial charge in [0.1, 0.15) is 22.3 Å². The molecule has 4 nitrogen and oxygen atoms in total. The Hall–Kier alpha value is -9.94. The molecule has 0 spiro atoms. The molecule has 12 aromatic carbocycles. The van der Waals surface area contributed by atoms with Crippen molar-refractivity contribution in [3.8, 4) is 55.9 Å². The summed E-state index contributed by atoms with van der Waals surface area (Å²) in [5.41, 5.74) is 20.4. The zero-order valence-corrected chi connectivity index (χ0v) is 45.7.